The molecule has 0 aliphatic carbocycles. The predicted octanol–water partition coefficient (Wildman–Crippen LogP) is 2.63. The Morgan fingerprint density at radius 2 is 1.96 bits per heavy atom. The fourth-order valence-corrected chi connectivity index (χ4v) is 4.14. The minimum absolute atomic E-state index is 0.111. The molecule has 0 aliphatic rings. The Hall–Kier alpha value is -3.13. The van der Waals surface area contributed by atoms with Crippen molar-refractivity contribution in [1.29, 1.82) is 0 Å². The van der Waals surface area contributed by atoms with Crippen LogP contribution in [0, 0.1) is 0 Å². The Balaban J connectivity index is 1.86. The monoisotopic (exact) mass is 386 g/mol. The molecule has 1 atom stereocenters. The Morgan fingerprint density at radius 1 is 1.19 bits per heavy atom. The number of aromatic nitrogens is 1. The number of carbonyl (C=O) groups is 1. The quantitative estimate of drug-likeness (QED) is 0.670. The number of hydrogen-bond donors (Lipinski definition) is 1. The minimum Gasteiger partial charge on any atom is -0.497 e. The molecule has 0 saturated heterocycles. The highest BCUT2D eigenvalue weighted by molar-refractivity contribution is 7.91. The van der Waals surface area contributed by atoms with Gasteiger partial charge >= 0.3 is 0 Å². The van der Waals surface area contributed by atoms with Crippen LogP contribution in [0.4, 0.5) is 0 Å². The Kier molecular flexibility index (Phi) is 5.56. The van der Waals surface area contributed by atoms with Crippen molar-refractivity contribution in [3.8, 4) is 5.75 Å². The molecule has 7 nitrogen and oxygen atoms in total. The third-order valence-electron chi connectivity index (χ3n) is 3.99. The smallest absolute Gasteiger partial charge is 0.252 e. The van der Waals surface area contributed by atoms with Crippen molar-refractivity contribution in [3.63, 3.8) is 0 Å². The first-order valence-electron chi connectivity index (χ1n) is 8.12. The molecular formula is C19H18N2O5S. The van der Waals surface area contributed by atoms with Gasteiger partial charge in [-0.2, -0.15) is 0 Å². The number of carbonyl (C=O) groups excluding carboxylic acids is 1. The lowest BCUT2D eigenvalue weighted by Crippen LogP contribution is -2.31. The van der Waals surface area contributed by atoms with Crippen LogP contribution in [0.1, 0.15) is 21.4 Å². The topological polar surface area (TPSA) is 98.5 Å². The van der Waals surface area contributed by atoms with Gasteiger partial charge in [-0.15, -0.1) is 0 Å². The number of benzene rings is 1. The summed E-state index contributed by atoms with van der Waals surface area (Å²) in [7, 11) is -2.30. The van der Waals surface area contributed by atoms with Crippen molar-refractivity contribution in [2.24, 2.45) is 0 Å². The molecule has 3 aromatic rings. The van der Waals surface area contributed by atoms with E-state index < -0.39 is 21.0 Å². The van der Waals surface area contributed by atoms with Crippen LogP contribution in [0.5, 0.6) is 5.75 Å². The molecule has 0 bridgehead atoms. The second-order valence-electron chi connectivity index (χ2n) is 5.68. The van der Waals surface area contributed by atoms with Crippen molar-refractivity contribution in [2.45, 2.75) is 10.1 Å². The highest BCUT2D eigenvalue weighted by Crippen LogP contribution is 2.30. The fourth-order valence-electron chi connectivity index (χ4n) is 2.55. The molecule has 0 radical (unpaired) electrons. The van der Waals surface area contributed by atoms with Gasteiger partial charge in [-0.25, -0.2) is 8.42 Å². The van der Waals surface area contributed by atoms with Gasteiger partial charge in [0.25, 0.3) is 5.91 Å². The highest BCUT2D eigenvalue weighted by Gasteiger charge is 2.32. The normalized spacial score (nSPS) is 12.3. The Labute approximate surface area is 156 Å². The van der Waals surface area contributed by atoms with Gasteiger partial charge in [-0.05, 0) is 48.5 Å². The first kappa shape index (κ1) is 18.7. The summed E-state index contributed by atoms with van der Waals surface area (Å²) in [5.74, 6) is 0.385. The number of rotatable bonds is 7. The SMILES string of the molecule is COc1ccc(S(=O)(=O)C(CNC(=O)c2cccnc2)c2ccco2)cc1. The summed E-state index contributed by atoms with van der Waals surface area (Å²) in [4.78, 5) is 16.3. The first-order chi connectivity index (χ1) is 13.0. The number of hydrogen-bond acceptors (Lipinski definition) is 6. The van der Waals surface area contributed by atoms with Crippen LogP contribution in [0.15, 0.2) is 76.5 Å². The standard InChI is InChI=1S/C19H18N2O5S/c1-25-15-6-8-16(9-7-15)27(23,24)18(17-5-3-11-26-17)13-21-19(22)14-4-2-10-20-12-14/h2-12,18H,13H2,1H3,(H,21,22). The maximum absolute atomic E-state index is 13.1. The fraction of sp³-hybridized carbons (Fsp3) is 0.158. The van der Waals surface area contributed by atoms with Crippen LogP contribution in [-0.4, -0.2) is 33.0 Å². The molecule has 0 saturated carbocycles. The van der Waals surface area contributed by atoms with Gasteiger partial charge in [0.1, 0.15) is 16.8 Å². The molecule has 3 rings (SSSR count). The van der Waals surface area contributed by atoms with Crippen LogP contribution >= 0.6 is 0 Å². The van der Waals surface area contributed by atoms with E-state index in [2.05, 4.69) is 10.3 Å². The van der Waals surface area contributed by atoms with Crippen LogP contribution in [0.25, 0.3) is 0 Å². The Bertz CT molecular complexity index is 984. The van der Waals surface area contributed by atoms with Gasteiger partial charge in [0.05, 0.1) is 23.8 Å². The molecule has 2 aromatic heterocycles. The summed E-state index contributed by atoms with van der Waals surface area (Å²) in [5.41, 5.74) is 0.345. The number of nitrogens with zero attached hydrogens (tertiary/aromatic N) is 1. The van der Waals surface area contributed by atoms with Gasteiger partial charge < -0.3 is 14.5 Å². The van der Waals surface area contributed by atoms with Crippen LogP contribution in [0.2, 0.25) is 0 Å². The molecule has 0 fully saturated rings. The van der Waals surface area contributed by atoms with Gasteiger partial charge in [0, 0.05) is 18.9 Å². The summed E-state index contributed by atoms with van der Waals surface area (Å²) in [6.07, 6.45) is 4.36. The number of nitrogens with one attached hydrogen (secondary N) is 1. The lowest BCUT2D eigenvalue weighted by molar-refractivity contribution is 0.0953. The predicted molar refractivity (Wildman–Crippen MR) is 98.2 cm³/mol. The van der Waals surface area contributed by atoms with Crippen molar-refractivity contribution in [1.82, 2.24) is 10.3 Å². The van der Waals surface area contributed by atoms with Crippen molar-refractivity contribution >= 4 is 15.7 Å². The molecule has 0 spiro atoms. The molecule has 140 valence electrons. The van der Waals surface area contributed by atoms with Gasteiger partial charge in [0.2, 0.25) is 0 Å². The van der Waals surface area contributed by atoms with E-state index >= 15 is 0 Å². The third-order valence-corrected chi connectivity index (χ3v) is 6.07. The summed E-state index contributed by atoms with van der Waals surface area (Å²) < 4.78 is 36.6. The van der Waals surface area contributed by atoms with Crippen molar-refractivity contribution in [2.75, 3.05) is 13.7 Å². The molecule has 1 N–H and O–H groups in total. The number of amides is 1. The van der Waals surface area contributed by atoms with Crippen molar-refractivity contribution in [3.05, 3.63) is 78.5 Å². The van der Waals surface area contributed by atoms with Crippen LogP contribution in [0.3, 0.4) is 0 Å². The molecule has 2 heterocycles. The molecule has 27 heavy (non-hydrogen) atoms. The molecule has 1 aromatic carbocycles. The van der Waals surface area contributed by atoms with E-state index in [1.807, 2.05) is 0 Å². The second-order valence-corrected chi connectivity index (χ2v) is 7.81. The molecule has 8 heteroatoms. The summed E-state index contributed by atoms with van der Waals surface area (Å²) in [6, 6.07) is 12.5. The largest absolute Gasteiger partial charge is 0.497 e. The highest BCUT2D eigenvalue weighted by atomic mass is 32.2. The number of pyridine rings is 1. The van der Waals surface area contributed by atoms with E-state index in [1.165, 1.54) is 31.7 Å². The summed E-state index contributed by atoms with van der Waals surface area (Å²) in [6.45, 7) is -0.143. The average Bonchev–Trinajstić information content (AvgIpc) is 3.23. The molecule has 1 unspecified atom stereocenters. The molecule has 1 amide bonds. The van der Waals surface area contributed by atoms with Gasteiger partial charge in [-0.1, -0.05) is 0 Å². The summed E-state index contributed by atoms with van der Waals surface area (Å²) >= 11 is 0. The average molecular weight is 386 g/mol. The van der Waals surface area contributed by atoms with E-state index in [0.717, 1.165) is 0 Å². The molecule has 0 aliphatic heterocycles. The maximum atomic E-state index is 13.1. The zero-order valence-corrected chi connectivity index (χ0v) is 15.3. The summed E-state index contributed by atoms with van der Waals surface area (Å²) in [5, 5.41) is 1.57. The zero-order chi connectivity index (χ0) is 19.3. The number of furan rings is 1. The number of ether oxygens (including phenoxy) is 1. The maximum Gasteiger partial charge on any atom is 0.252 e. The van der Waals surface area contributed by atoms with Crippen LogP contribution in [-0.2, 0) is 9.84 Å². The van der Waals surface area contributed by atoms with Crippen LogP contribution < -0.4 is 10.1 Å². The van der Waals surface area contributed by atoms with Gasteiger partial charge in [0.15, 0.2) is 9.84 Å². The van der Waals surface area contributed by atoms with E-state index in [9.17, 15) is 13.2 Å². The third kappa shape index (κ3) is 4.17. The zero-order valence-electron chi connectivity index (χ0n) is 14.5. The molecular weight excluding hydrogens is 368 g/mol. The van der Waals surface area contributed by atoms with E-state index in [1.54, 1.807) is 42.6 Å². The van der Waals surface area contributed by atoms with E-state index in [4.69, 9.17) is 9.15 Å². The lowest BCUT2D eigenvalue weighted by atomic mass is 10.2. The first-order valence-corrected chi connectivity index (χ1v) is 9.66. The second kappa shape index (κ2) is 8.05. The lowest BCUT2D eigenvalue weighted by Gasteiger charge is -2.17. The van der Waals surface area contributed by atoms with E-state index in [0.29, 0.717) is 11.3 Å². The van der Waals surface area contributed by atoms with E-state index in [-0.39, 0.29) is 17.2 Å². The Morgan fingerprint density at radius 3 is 2.56 bits per heavy atom. The van der Waals surface area contributed by atoms with Gasteiger partial charge in [-0.3, -0.25) is 9.78 Å². The number of sulfone groups is 1. The van der Waals surface area contributed by atoms with Crippen molar-refractivity contribution < 1.29 is 22.4 Å². The minimum atomic E-state index is -3.81. The number of methoxy groups -OCH3 is 1.